The highest BCUT2D eigenvalue weighted by atomic mass is 35.5. The lowest BCUT2D eigenvalue weighted by molar-refractivity contribution is -0.139. The van der Waals surface area contributed by atoms with E-state index < -0.39 is 6.10 Å². The summed E-state index contributed by atoms with van der Waals surface area (Å²) in [7, 11) is 1.36. The van der Waals surface area contributed by atoms with Gasteiger partial charge in [-0.2, -0.15) is 0 Å². The molecule has 1 unspecified atom stereocenters. The number of ether oxygens (including phenoxy) is 2. The maximum atomic E-state index is 11.4. The first kappa shape index (κ1) is 25.1. The number of halogens is 1. The van der Waals surface area contributed by atoms with Crippen molar-refractivity contribution in [1.82, 2.24) is 0 Å². The van der Waals surface area contributed by atoms with Crippen molar-refractivity contribution in [3.05, 3.63) is 64.7 Å². The first-order valence-electron chi connectivity index (χ1n) is 10.2. The van der Waals surface area contributed by atoms with Gasteiger partial charge in [0.15, 0.2) is 0 Å². The molecule has 0 aliphatic carbocycles. The van der Waals surface area contributed by atoms with Gasteiger partial charge < -0.3 is 19.7 Å². The molecule has 31 heavy (non-hydrogen) atoms. The highest BCUT2D eigenvalue weighted by Crippen LogP contribution is 2.36. The number of rotatable bonds is 12. The number of allylic oxidation sites excluding steroid dienone is 1. The van der Waals surface area contributed by atoms with Gasteiger partial charge in [-0.25, -0.2) is 0 Å². The summed E-state index contributed by atoms with van der Waals surface area (Å²) in [6.07, 6.45) is 2.93. The molecule has 5 nitrogen and oxygen atoms in total. The first-order valence-corrected chi connectivity index (χ1v) is 11.5. The minimum absolute atomic E-state index is 0.0694. The molecule has 0 radical (unpaired) electrons. The van der Waals surface area contributed by atoms with Crippen LogP contribution in [-0.2, 0) is 22.4 Å². The minimum Gasteiger partial charge on any atom is -0.507 e. The summed E-state index contributed by atoms with van der Waals surface area (Å²) in [5.74, 6) is 1.16. The number of hydrogen-bond acceptors (Lipinski definition) is 6. The van der Waals surface area contributed by atoms with E-state index in [0.29, 0.717) is 41.3 Å². The van der Waals surface area contributed by atoms with Crippen LogP contribution in [0.4, 0.5) is 0 Å². The van der Waals surface area contributed by atoms with Crippen molar-refractivity contribution in [3.8, 4) is 11.5 Å². The summed E-state index contributed by atoms with van der Waals surface area (Å²) in [6.45, 7) is 6.08. The van der Waals surface area contributed by atoms with Crippen molar-refractivity contribution in [3.63, 3.8) is 0 Å². The predicted octanol–water partition coefficient (Wildman–Crippen LogP) is 5.49. The van der Waals surface area contributed by atoms with Crippen molar-refractivity contribution in [2.45, 2.75) is 43.6 Å². The molecule has 0 spiro atoms. The zero-order chi connectivity index (χ0) is 22.8. The molecule has 0 heterocycles. The first-order chi connectivity index (χ1) is 14.9. The van der Waals surface area contributed by atoms with Gasteiger partial charge >= 0.3 is 5.97 Å². The summed E-state index contributed by atoms with van der Waals surface area (Å²) >= 11 is 7.94. The Balaban J connectivity index is 1.91. The molecule has 0 saturated carbocycles. The molecule has 0 saturated heterocycles. The summed E-state index contributed by atoms with van der Waals surface area (Å²) in [4.78, 5) is 12.3. The van der Waals surface area contributed by atoms with Crippen LogP contribution in [-0.4, -0.2) is 35.7 Å². The van der Waals surface area contributed by atoms with E-state index in [4.69, 9.17) is 16.3 Å². The normalized spacial score (nSPS) is 11.7. The van der Waals surface area contributed by atoms with Gasteiger partial charge in [0, 0.05) is 21.8 Å². The van der Waals surface area contributed by atoms with Crippen LogP contribution in [0.1, 0.15) is 42.6 Å². The second kappa shape index (κ2) is 12.6. The number of hydrogen-bond donors (Lipinski definition) is 2. The average Bonchev–Trinajstić information content (AvgIpc) is 2.76. The zero-order valence-electron chi connectivity index (χ0n) is 17.9. The van der Waals surface area contributed by atoms with Crippen LogP contribution in [0.2, 0.25) is 5.02 Å². The molecular formula is C24H29ClO5S. The summed E-state index contributed by atoms with van der Waals surface area (Å²) < 4.78 is 10.6. The number of aliphatic hydroxyl groups is 1. The van der Waals surface area contributed by atoms with Crippen LogP contribution in [0.25, 0.3) is 0 Å². The van der Waals surface area contributed by atoms with E-state index >= 15 is 0 Å². The Hall–Kier alpha value is -2.15. The standard InChI is InChI=1S/C24H29ClO5S/c1-4-7-18-21(10-9-17(24(18)28)20(26)5-2)30-12-6-13-31-22-11-8-16(14-19(22)25)15-23(27)29-3/h4,8-11,14,20,26,28H,1,5-7,12-13,15H2,2-3H3. The molecule has 0 aliphatic heterocycles. The third-order valence-electron chi connectivity index (χ3n) is 4.74. The number of esters is 1. The van der Waals surface area contributed by atoms with Gasteiger partial charge in [0.25, 0.3) is 0 Å². The second-order valence-electron chi connectivity index (χ2n) is 6.97. The molecule has 2 rings (SSSR count). The van der Waals surface area contributed by atoms with Crippen molar-refractivity contribution in [2.75, 3.05) is 19.5 Å². The molecule has 0 fully saturated rings. The lowest BCUT2D eigenvalue weighted by atomic mass is 10.00. The van der Waals surface area contributed by atoms with Crippen molar-refractivity contribution < 1.29 is 24.5 Å². The van der Waals surface area contributed by atoms with Gasteiger partial charge in [0.1, 0.15) is 11.5 Å². The Morgan fingerprint density at radius 3 is 2.74 bits per heavy atom. The molecule has 0 aromatic heterocycles. The third kappa shape index (κ3) is 7.20. The number of carbonyl (C=O) groups excluding carboxylic acids is 1. The van der Waals surface area contributed by atoms with Gasteiger partial charge in [-0.05, 0) is 49.1 Å². The zero-order valence-corrected chi connectivity index (χ0v) is 19.5. The van der Waals surface area contributed by atoms with E-state index in [1.54, 1.807) is 36.0 Å². The van der Waals surface area contributed by atoms with Crippen LogP contribution in [0.3, 0.4) is 0 Å². The van der Waals surface area contributed by atoms with Gasteiger partial charge in [-0.3, -0.25) is 4.79 Å². The van der Waals surface area contributed by atoms with E-state index in [2.05, 4.69) is 11.3 Å². The number of phenols is 1. The number of thioether (sulfide) groups is 1. The smallest absolute Gasteiger partial charge is 0.309 e. The molecule has 2 N–H and O–H groups in total. The fraction of sp³-hybridized carbons (Fsp3) is 0.375. The lowest BCUT2D eigenvalue weighted by Gasteiger charge is -2.17. The molecule has 0 amide bonds. The van der Waals surface area contributed by atoms with Gasteiger partial charge in [-0.1, -0.05) is 30.7 Å². The van der Waals surface area contributed by atoms with Crippen molar-refractivity contribution >= 4 is 29.3 Å². The number of methoxy groups -OCH3 is 1. The Morgan fingerprint density at radius 2 is 2.10 bits per heavy atom. The van der Waals surface area contributed by atoms with E-state index in [9.17, 15) is 15.0 Å². The highest BCUT2D eigenvalue weighted by molar-refractivity contribution is 7.99. The number of carbonyl (C=O) groups is 1. The summed E-state index contributed by atoms with van der Waals surface area (Å²) in [5.41, 5.74) is 1.96. The van der Waals surface area contributed by atoms with E-state index in [0.717, 1.165) is 22.6 Å². The maximum absolute atomic E-state index is 11.4. The van der Waals surface area contributed by atoms with Crippen molar-refractivity contribution in [1.29, 1.82) is 0 Å². The lowest BCUT2D eigenvalue weighted by Crippen LogP contribution is -2.04. The van der Waals surface area contributed by atoms with Crippen LogP contribution < -0.4 is 4.74 Å². The van der Waals surface area contributed by atoms with Gasteiger partial charge in [0.05, 0.1) is 31.3 Å². The quantitative estimate of drug-likeness (QED) is 0.187. The summed E-state index contributed by atoms with van der Waals surface area (Å²) in [5, 5.41) is 21.2. The van der Waals surface area contributed by atoms with Crippen LogP contribution in [0.5, 0.6) is 11.5 Å². The monoisotopic (exact) mass is 464 g/mol. The molecule has 2 aromatic carbocycles. The Morgan fingerprint density at radius 1 is 1.32 bits per heavy atom. The van der Waals surface area contributed by atoms with Crippen LogP contribution in [0.15, 0.2) is 47.9 Å². The number of aliphatic hydroxyl groups excluding tert-OH is 1. The van der Waals surface area contributed by atoms with Crippen molar-refractivity contribution in [2.24, 2.45) is 0 Å². The fourth-order valence-corrected chi connectivity index (χ4v) is 4.24. The largest absolute Gasteiger partial charge is 0.507 e. The highest BCUT2D eigenvalue weighted by Gasteiger charge is 2.17. The molecule has 2 aromatic rings. The van der Waals surface area contributed by atoms with Gasteiger partial charge in [0.2, 0.25) is 0 Å². The third-order valence-corrected chi connectivity index (χ3v) is 6.33. The van der Waals surface area contributed by atoms with Crippen LogP contribution >= 0.6 is 23.4 Å². The van der Waals surface area contributed by atoms with Gasteiger partial charge in [-0.15, -0.1) is 18.3 Å². The molecule has 168 valence electrons. The Bertz CT molecular complexity index is 900. The number of phenolic OH excluding ortho intramolecular Hbond substituents is 1. The van der Waals surface area contributed by atoms with E-state index in [1.807, 2.05) is 19.1 Å². The molecule has 7 heteroatoms. The number of benzene rings is 2. The second-order valence-corrected chi connectivity index (χ2v) is 8.51. The molecule has 1 atom stereocenters. The molecule has 0 bridgehead atoms. The minimum atomic E-state index is -0.710. The average molecular weight is 465 g/mol. The van der Waals surface area contributed by atoms with Crippen LogP contribution in [0, 0.1) is 0 Å². The molecular weight excluding hydrogens is 436 g/mol. The Labute approximate surface area is 193 Å². The maximum Gasteiger partial charge on any atom is 0.309 e. The predicted molar refractivity (Wildman–Crippen MR) is 125 cm³/mol. The van der Waals surface area contributed by atoms with E-state index in [1.165, 1.54) is 7.11 Å². The molecule has 0 aliphatic rings. The SMILES string of the molecule is C=CCc1c(OCCCSc2ccc(CC(=O)OC)cc2Cl)ccc(C(O)CC)c1O. The topological polar surface area (TPSA) is 76.0 Å². The summed E-state index contributed by atoms with van der Waals surface area (Å²) in [6, 6.07) is 9.06. The Kier molecular flexibility index (Phi) is 10.2. The van der Waals surface area contributed by atoms with E-state index in [-0.39, 0.29) is 18.1 Å². The fourth-order valence-electron chi connectivity index (χ4n) is 3.03. The number of aromatic hydroxyl groups is 1.